The van der Waals surface area contributed by atoms with Gasteiger partial charge in [-0.2, -0.15) is 0 Å². The zero-order valence-electron chi connectivity index (χ0n) is 7.55. The van der Waals surface area contributed by atoms with Gasteiger partial charge in [0.1, 0.15) is 0 Å². The molecule has 0 aromatic heterocycles. The van der Waals surface area contributed by atoms with Crippen molar-refractivity contribution in [1.29, 1.82) is 0 Å². The van der Waals surface area contributed by atoms with E-state index < -0.39 is 0 Å². The summed E-state index contributed by atoms with van der Waals surface area (Å²) in [6, 6.07) is 0. The molecule has 0 saturated carbocycles. The summed E-state index contributed by atoms with van der Waals surface area (Å²) in [5.74, 6) is -0.320. The van der Waals surface area contributed by atoms with E-state index in [4.69, 9.17) is 4.74 Å². The molecule has 3 heteroatoms. The summed E-state index contributed by atoms with van der Waals surface area (Å²) in [6.45, 7) is 6.44. The van der Waals surface area contributed by atoms with E-state index in [0.29, 0.717) is 12.0 Å². The Hall–Kier alpha value is -0.830. The van der Waals surface area contributed by atoms with Gasteiger partial charge in [-0.3, -0.25) is 0 Å². The normalized spacial score (nSPS) is 26.5. The van der Waals surface area contributed by atoms with Crippen molar-refractivity contribution in [2.24, 2.45) is 0 Å². The Morgan fingerprint density at radius 1 is 1.75 bits per heavy atom. The van der Waals surface area contributed by atoms with Crippen molar-refractivity contribution in [3.8, 4) is 0 Å². The van der Waals surface area contributed by atoms with E-state index in [1.54, 1.807) is 0 Å². The third-order valence-electron chi connectivity index (χ3n) is 2.07. The molecule has 0 radical (unpaired) electrons. The standard InChI is InChI=1S/C9H14O3/c1-7(8(10)11-3)4-5-9(2)6-12-9/h1,4-6H2,2-3H3. The van der Waals surface area contributed by atoms with Gasteiger partial charge in [-0.05, 0) is 19.8 Å². The van der Waals surface area contributed by atoms with Crippen LogP contribution in [0.2, 0.25) is 0 Å². The largest absolute Gasteiger partial charge is 0.466 e. The molecule has 12 heavy (non-hydrogen) atoms. The van der Waals surface area contributed by atoms with E-state index in [2.05, 4.69) is 11.3 Å². The lowest BCUT2D eigenvalue weighted by atomic mass is 10.0. The highest BCUT2D eigenvalue weighted by atomic mass is 16.6. The summed E-state index contributed by atoms with van der Waals surface area (Å²) in [6.07, 6.45) is 1.50. The fourth-order valence-corrected chi connectivity index (χ4v) is 0.929. The van der Waals surface area contributed by atoms with Crippen molar-refractivity contribution < 1.29 is 14.3 Å². The molecule has 0 aliphatic carbocycles. The van der Waals surface area contributed by atoms with E-state index in [9.17, 15) is 4.79 Å². The van der Waals surface area contributed by atoms with Gasteiger partial charge in [-0.25, -0.2) is 4.79 Å². The molecule has 0 amide bonds. The molecule has 68 valence electrons. The quantitative estimate of drug-likeness (QED) is 0.362. The van der Waals surface area contributed by atoms with Gasteiger partial charge in [0.05, 0.1) is 19.3 Å². The van der Waals surface area contributed by atoms with Gasteiger partial charge in [-0.15, -0.1) is 0 Å². The van der Waals surface area contributed by atoms with Crippen molar-refractivity contribution in [2.45, 2.75) is 25.4 Å². The maximum atomic E-state index is 10.9. The Balaban J connectivity index is 2.22. The monoisotopic (exact) mass is 170 g/mol. The van der Waals surface area contributed by atoms with Crippen LogP contribution in [0.5, 0.6) is 0 Å². The number of carbonyl (C=O) groups is 1. The van der Waals surface area contributed by atoms with Crippen LogP contribution < -0.4 is 0 Å². The molecule has 1 aliphatic heterocycles. The van der Waals surface area contributed by atoms with E-state index in [0.717, 1.165) is 13.0 Å². The summed E-state index contributed by atoms with van der Waals surface area (Å²) in [7, 11) is 1.36. The Labute approximate surface area is 72.4 Å². The molecular formula is C9H14O3. The number of carbonyl (C=O) groups excluding carboxylic acids is 1. The lowest BCUT2D eigenvalue weighted by molar-refractivity contribution is -0.136. The molecule has 1 aliphatic rings. The average Bonchev–Trinajstić information content (AvgIpc) is 2.79. The number of epoxide rings is 1. The van der Waals surface area contributed by atoms with Crippen molar-refractivity contribution in [1.82, 2.24) is 0 Å². The van der Waals surface area contributed by atoms with E-state index >= 15 is 0 Å². The van der Waals surface area contributed by atoms with Gasteiger partial charge in [0, 0.05) is 5.57 Å². The van der Waals surface area contributed by atoms with Crippen LogP contribution in [0.25, 0.3) is 0 Å². The summed E-state index contributed by atoms with van der Waals surface area (Å²) in [5, 5.41) is 0. The van der Waals surface area contributed by atoms with E-state index in [1.165, 1.54) is 7.11 Å². The molecule has 1 unspecified atom stereocenters. The molecule has 0 spiro atoms. The second-order valence-corrected chi connectivity index (χ2v) is 3.33. The molecule has 1 fully saturated rings. The minimum absolute atomic E-state index is 0.00301. The number of rotatable bonds is 4. The van der Waals surface area contributed by atoms with E-state index in [1.807, 2.05) is 6.92 Å². The van der Waals surface area contributed by atoms with Gasteiger partial charge in [0.15, 0.2) is 0 Å². The number of hydrogen-bond donors (Lipinski definition) is 0. The minimum Gasteiger partial charge on any atom is -0.466 e. The second kappa shape index (κ2) is 3.27. The van der Waals surface area contributed by atoms with E-state index in [-0.39, 0.29) is 11.6 Å². The average molecular weight is 170 g/mol. The zero-order valence-corrected chi connectivity index (χ0v) is 7.55. The molecule has 1 atom stereocenters. The summed E-state index contributed by atoms with van der Waals surface area (Å²) in [4.78, 5) is 10.9. The molecule has 0 bridgehead atoms. The lowest BCUT2D eigenvalue weighted by Gasteiger charge is -2.05. The molecule has 1 rings (SSSR count). The first kappa shape index (κ1) is 9.26. The van der Waals surface area contributed by atoms with Crippen LogP contribution in [0, 0.1) is 0 Å². The molecular weight excluding hydrogens is 156 g/mol. The summed E-state index contributed by atoms with van der Waals surface area (Å²) < 4.78 is 9.68. The van der Waals surface area contributed by atoms with Crippen molar-refractivity contribution in [2.75, 3.05) is 13.7 Å². The van der Waals surface area contributed by atoms with Gasteiger partial charge < -0.3 is 9.47 Å². The summed E-state index contributed by atoms with van der Waals surface area (Å²) in [5.41, 5.74) is 0.519. The SMILES string of the molecule is C=C(CCC1(C)CO1)C(=O)OC. The van der Waals surface area contributed by atoms with Gasteiger partial charge in [0.25, 0.3) is 0 Å². The highest BCUT2D eigenvalue weighted by Gasteiger charge is 2.38. The van der Waals surface area contributed by atoms with Crippen LogP contribution in [0.3, 0.4) is 0 Å². The highest BCUT2D eigenvalue weighted by Crippen LogP contribution is 2.32. The highest BCUT2D eigenvalue weighted by molar-refractivity contribution is 5.87. The van der Waals surface area contributed by atoms with Crippen molar-refractivity contribution in [3.63, 3.8) is 0 Å². The molecule has 0 aromatic rings. The third kappa shape index (κ3) is 2.34. The molecule has 0 aromatic carbocycles. The van der Waals surface area contributed by atoms with Crippen LogP contribution in [-0.2, 0) is 14.3 Å². The molecule has 1 saturated heterocycles. The topological polar surface area (TPSA) is 38.8 Å². The molecule has 0 N–H and O–H groups in total. The summed E-state index contributed by atoms with van der Waals surface area (Å²) >= 11 is 0. The predicted octanol–water partition coefficient (Wildman–Crippen LogP) is 1.28. The lowest BCUT2D eigenvalue weighted by Crippen LogP contribution is -2.09. The number of methoxy groups -OCH3 is 1. The molecule has 1 heterocycles. The first-order valence-electron chi connectivity index (χ1n) is 3.97. The first-order valence-corrected chi connectivity index (χ1v) is 3.97. The number of ether oxygens (including phenoxy) is 2. The predicted molar refractivity (Wildman–Crippen MR) is 44.7 cm³/mol. The fraction of sp³-hybridized carbons (Fsp3) is 0.667. The Kier molecular flexibility index (Phi) is 2.52. The van der Waals surface area contributed by atoms with Crippen LogP contribution >= 0.6 is 0 Å². The first-order chi connectivity index (χ1) is 5.57. The van der Waals surface area contributed by atoms with Crippen LogP contribution in [-0.4, -0.2) is 25.3 Å². The van der Waals surface area contributed by atoms with Gasteiger partial charge in [-0.1, -0.05) is 6.58 Å². The van der Waals surface area contributed by atoms with Crippen LogP contribution in [0.1, 0.15) is 19.8 Å². The Morgan fingerprint density at radius 2 is 2.33 bits per heavy atom. The zero-order chi connectivity index (χ0) is 9.19. The third-order valence-corrected chi connectivity index (χ3v) is 2.07. The van der Waals surface area contributed by atoms with Crippen LogP contribution in [0.4, 0.5) is 0 Å². The molecule has 3 nitrogen and oxygen atoms in total. The van der Waals surface area contributed by atoms with Gasteiger partial charge in [0.2, 0.25) is 0 Å². The van der Waals surface area contributed by atoms with Crippen molar-refractivity contribution >= 4 is 5.97 Å². The smallest absolute Gasteiger partial charge is 0.333 e. The van der Waals surface area contributed by atoms with Gasteiger partial charge >= 0.3 is 5.97 Å². The fourth-order valence-electron chi connectivity index (χ4n) is 0.929. The van der Waals surface area contributed by atoms with Crippen molar-refractivity contribution in [3.05, 3.63) is 12.2 Å². The maximum Gasteiger partial charge on any atom is 0.333 e. The second-order valence-electron chi connectivity index (χ2n) is 3.33. The van der Waals surface area contributed by atoms with Crippen LogP contribution in [0.15, 0.2) is 12.2 Å². The number of esters is 1. The Morgan fingerprint density at radius 3 is 2.75 bits per heavy atom. The number of hydrogen-bond acceptors (Lipinski definition) is 3. The minimum atomic E-state index is -0.320. The maximum absolute atomic E-state index is 10.9. The Bertz CT molecular complexity index is 204.